The summed E-state index contributed by atoms with van der Waals surface area (Å²) in [5.74, 6) is 0. The van der Waals surface area contributed by atoms with Gasteiger partial charge in [-0.3, -0.25) is 0 Å². The van der Waals surface area contributed by atoms with Gasteiger partial charge in [0.15, 0.2) is 0 Å². The first kappa shape index (κ1) is 17.3. The molecule has 0 aliphatic carbocycles. The quantitative estimate of drug-likeness (QED) is 0.761. The largest absolute Gasteiger partial charge is 0.494 e. The van der Waals surface area contributed by atoms with Gasteiger partial charge in [-0.15, -0.1) is 0 Å². The standard InChI is InChI=1S/C14H21BO2.C3H8/c1-6-11-7-9-12(10-8-11)15-16-13(2,3)14(4,5)17-15;1-3-2/h7-10H,6H2,1-5H3;3H2,1-2H3. The molecular formula is C17H29BO2. The Morgan fingerprint density at radius 3 is 1.60 bits per heavy atom. The van der Waals surface area contributed by atoms with Crippen molar-refractivity contribution in [1.29, 1.82) is 0 Å². The van der Waals surface area contributed by atoms with Crippen LogP contribution in [-0.2, 0) is 15.7 Å². The van der Waals surface area contributed by atoms with E-state index in [1.165, 1.54) is 12.0 Å². The maximum atomic E-state index is 6.00. The average molecular weight is 276 g/mol. The third-order valence-corrected chi connectivity index (χ3v) is 3.91. The highest BCUT2D eigenvalue weighted by Gasteiger charge is 2.51. The lowest BCUT2D eigenvalue weighted by atomic mass is 9.79. The summed E-state index contributed by atoms with van der Waals surface area (Å²) in [6.45, 7) is 14.7. The molecule has 1 saturated heterocycles. The van der Waals surface area contributed by atoms with E-state index in [4.69, 9.17) is 9.31 Å². The maximum absolute atomic E-state index is 6.00. The molecule has 112 valence electrons. The first-order valence-corrected chi connectivity index (χ1v) is 7.71. The predicted molar refractivity (Wildman–Crippen MR) is 87.5 cm³/mol. The number of benzene rings is 1. The Balaban J connectivity index is 0.000000612. The van der Waals surface area contributed by atoms with Gasteiger partial charge in [0.05, 0.1) is 11.2 Å². The molecule has 1 aliphatic heterocycles. The monoisotopic (exact) mass is 276 g/mol. The van der Waals surface area contributed by atoms with Crippen LogP contribution in [0.15, 0.2) is 24.3 Å². The molecule has 0 bridgehead atoms. The summed E-state index contributed by atoms with van der Waals surface area (Å²) in [5, 5.41) is 0. The van der Waals surface area contributed by atoms with Crippen molar-refractivity contribution in [3.63, 3.8) is 0 Å². The molecule has 1 aromatic rings. The lowest BCUT2D eigenvalue weighted by molar-refractivity contribution is 0.00578. The highest BCUT2D eigenvalue weighted by Crippen LogP contribution is 2.36. The average Bonchev–Trinajstić information content (AvgIpc) is 2.60. The molecule has 1 fully saturated rings. The molecule has 0 atom stereocenters. The van der Waals surface area contributed by atoms with Crippen LogP contribution in [0.4, 0.5) is 0 Å². The molecule has 0 N–H and O–H groups in total. The minimum absolute atomic E-state index is 0.245. The predicted octanol–water partition coefficient (Wildman–Crippen LogP) is 3.96. The van der Waals surface area contributed by atoms with Crippen molar-refractivity contribution in [2.24, 2.45) is 0 Å². The second-order valence-corrected chi connectivity index (χ2v) is 6.39. The van der Waals surface area contributed by atoms with Gasteiger partial charge >= 0.3 is 7.12 Å². The van der Waals surface area contributed by atoms with Crippen LogP contribution in [0.1, 0.15) is 60.5 Å². The van der Waals surface area contributed by atoms with E-state index in [2.05, 4.69) is 72.7 Å². The lowest BCUT2D eigenvalue weighted by Crippen LogP contribution is -2.41. The van der Waals surface area contributed by atoms with Crippen LogP contribution in [0.25, 0.3) is 0 Å². The van der Waals surface area contributed by atoms with Gasteiger partial charge in [0, 0.05) is 0 Å². The SMILES string of the molecule is CCC.CCc1ccc(B2OC(C)(C)C(C)(C)O2)cc1. The normalized spacial score (nSPS) is 19.4. The number of aryl methyl sites for hydroxylation is 1. The fourth-order valence-corrected chi connectivity index (χ4v) is 1.89. The maximum Gasteiger partial charge on any atom is 0.494 e. The second-order valence-electron chi connectivity index (χ2n) is 6.39. The van der Waals surface area contributed by atoms with Crippen molar-refractivity contribution in [2.75, 3.05) is 0 Å². The Bertz CT molecular complexity index is 394. The van der Waals surface area contributed by atoms with Crippen molar-refractivity contribution in [3.8, 4) is 0 Å². The molecule has 1 aliphatic rings. The summed E-state index contributed by atoms with van der Waals surface area (Å²) in [7, 11) is -0.245. The molecule has 2 rings (SSSR count). The van der Waals surface area contributed by atoms with Crippen molar-refractivity contribution in [3.05, 3.63) is 29.8 Å². The molecule has 1 heterocycles. The van der Waals surface area contributed by atoms with Gasteiger partial charge in [0.25, 0.3) is 0 Å². The Morgan fingerprint density at radius 2 is 1.25 bits per heavy atom. The Labute approximate surface area is 125 Å². The molecule has 0 aromatic heterocycles. The zero-order chi connectivity index (χ0) is 15.4. The minimum atomic E-state index is -0.263. The van der Waals surface area contributed by atoms with Gasteiger partial charge < -0.3 is 9.31 Å². The molecule has 0 amide bonds. The summed E-state index contributed by atoms with van der Waals surface area (Å²) in [6.07, 6.45) is 2.31. The zero-order valence-corrected chi connectivity index (χ0v) is 14.1. The van der Waals surface area contributed by atoms with Gasteiger partial charge in [0.2, 0.25) is 0 Å². The van der Waals surface area contributed by atoms with E-state index in [0.29, 0.717) is 0 Å². The molecule has 3 heteroatoms. The fraction of sp³-hybridized carbons (Fsp3) is 0.647. The van der Waals surface area contributed by atoms with E-state index in [0.717, 1.165) is 11.9 Å². The van der Waals surface area contributed by atoms with Gasteiger partial charge in [-0.1, -0.05) is 51.5 Å². The smallest absolute Gasteiger partial charge is 0.399 e. The Morgan fingerprint density at radius 1 is 0.850 bits per heavy atom. The third-order valence-electron chi connectivity index (χ3n) is 3.91. The van der Waals surface area contributed by atoms with Crippen LogP contribution in [0.2, 0.25) is 0 Å². The number of hydrogen-bond donors (Lipinski definition) is 0. The lowest BCUT2D eigenvalue weighted by Gasteiger charge is -2.32. The summed E-state index contributed by atoms with van der Waals surface area (Å²) >= 11 is 0. The first-order chi connectivity index (χ1) is 9.27. The van der Waals surface area contributed by atoms with Gasteiger partial charge in [-0.2, -0.15) is 0 Å². The van der Waals surface area contributed by atoms with E-state index < -0.39 is 0 Å². The molecule has 1 aromatic carbocycles. The van der Waals surface area contributed by atoms with E-state index in [-0.39, 0.29) is 18.3 Å². The number of rotatable bonds is 2. The zero-order valence-electron chi connectivity index (χ0n) is 14.1. The molecule has 0 unspecified atom stereocenters. The summed E-state index contributed by atoms with van der Waals surface area (Å²) in [6, 6.07) is 8.47. The van der Waals surface area contributed by atoms with Crippen LogP contribution in [0, 0.1) is 0 Å². The topological polar surface area (TPSA) is 18.5 Å². The fourth-order valence-electron chi connectivity index (χ4n) is 1.89. The van der Waals surface area contributed by atoms with E-state index in [1.54, 1.807) is 0 Å². The highest BCUT2D eigenvalue weighted by molar-refractivity contribution is 6.62. The van der Waals surface area contributed by atoms with Crippen molar-refractivity contribution in [2.45, 2.75) is 72.5 Å². The third kappa shape index (κ3) is 3.86. The van der Waals surface area contributed by atoms with Crippen LogP contribution >= 0.6 is 0 Å². The van der Waals surface area contributed by atoms with Crippen molar-refractivity contribution >= 4 is 12.6 Å². The minimum Gasteiger partial charge on any atom is -0.399 e. The van der Waals surface area contributed by atoms with Crippen molar-refractivity contribution in [1.82, 2.24) is 0 Å². The molecule has 2 nitrogen and oxygen atoms in total. The molecule has 0 radical (unpaired) electrons. The molecule has 0 saturated carbocycles. The van der Waals surface area contributed by atoms with E-state index >= 15 is 0 Å². The molecular weight excluding hydrogens is 247 g/mol. The summed E-state index contributed by atoms with van der Waals surface area (Å²) < 4.78 is 12.0. The summed E-state index contributed by atoms with van der Waals surface area (Å²) in [5.41, 5.74) is 1.91. The van der Waals surface area contributed by atoms with Crippen LogP contribution in [-0.4, -0.2) is 18.3 Å². The van der Waals surface area contributed by atoms with Gasteiger partial charge in [-0.05, 0) is 45.1 Å². The van der Waals surface area contributed by atoms with Crippen molar-refractivity contribution < 1.29 is 9.31 Å². The second kappa shape index (κ2) is 6.77. The Hall–Kier alpha value is -0.795. The Kier molecular flexibility index (Phi) is 5.84. The van der Waals surface area contributed by atoms with Gasteiger partial charge in [0.1, 0.15) is 0 Å². The van der Waals surface area contributed by atoms with E-state index in [9.17, 15) is 0 Å². The van der Waals surface area contributed by atoms with Crippen LogP contribution < -0.4 is 5.46 Å². The summed E-state index contributed by atoms with van der Waals surface area (Å²) in [4.78, 5) is 0. The highest BCUT2D eigenvalue weighted by atomic mass is 16.7. The van der Waals surface area contributed by atoms with Crippen LogP contribution in [0.3, 0.4) is 0 Å². The van der Waals surface area contributed by atoms with Crippen LogP contribution in [0.5, 0.6) is 0 Å². The van der Waals surface area contributed by atoms with E-state index in [1.807, 2.05) is 0 Å². The van der Waals surface area contributed by atoms with Gasteiger partial charge in [-0.25, -0.2) is 0 Å². The molecule has 20 heavy (non-hydrogen) atoms. The first-order valence-electron chi connectivity index (χ1n) is 7.71. The number of hydrogen-bond acceptors (Lipinski definition) is 2. The molecule has 0 spiro atoms.